The zero-order chi connectivity index (χ0) is 21.4. The van der Waals surface area contributed by atoms with Crippen LogP contribution < -0.4 is 4.74 Å². The predicted octanol–water partition coefficient (Wildman–Crippen LogP) is 5.17. The molecule has 156 valence electrons. The van der Waals surface area contributed by atoms with Gasteiger partial charge in [-0.3, -0.25) is 4.79 Å². The van der Waals surface area contributed by atoms with E-state index in [1.165, 1.54) is 16.7 Å². The van der Waals surface area contributed by atoms with Crippen LogP contribution in [0, 0.1) is 0 Å². The number of carbonyl (C=O) groups excluding carboxylic acids is 1. The Morgan fingerprint density at radius 1 is 1.03 bits per heavy atom. The van der Waals surface area contributed by atoms with E-state index in [0.29, 0.717) is 6.54 Å². The highest BCUT2D eigenvalue weighted by molar-refractivity contribution is 6.07. The van der Waals surface area contributed by atoms with Crippen LogP contribution in [-0.4, -0.2) is 29.0 Å². The molecular weight excluding hydrogens is 384 g/mol. The third-order valence-corrected chi connectivity index (χ3v) is 6.37. The summed E-state index contributed by atoms with van der Waals surface area (Å²) in [5.74, 6) is 0.963. The maximum absolute atomic E-state index is 13.8. The number of methoxy groups -OCH3 is 1. The van der Waals surface area contributed by atoms with E-state index in [9.17, 15) is 4.79 Å². The number of aryl methyl sites for hydroxylation is 1. The van der Waals surface area contributed by atoms with Gasteiger partial charge < -0.3 is 14.2 Å². The van der Waals surface area contributed by atoms with Gasteiger partial charge in [-0.2, -0.15) is 0 Å². The normalized spacial score (nSPS) is 15.7. The zero-order valence-corrected chi connectivity index (χ0v) is 17.9. The summed E-state index contributed by atoms with van der Waals surface area (Å²) >= 11 is 0. The lowest BCUT2D eigenvalue weighted by Crippen LogP contribution is -2.41. The van der Waals surface area contributed by atoms with Crippen LogP contribution in [0.25, 0.3) is 10.9 Å². The summed E-state index contributed by atoms with van der Waals surface area (Å²) in [6.45, 7) is 0.694. The highest BCUT2D eigenvalue weighted by Crippen LogP contribution is 2.36. The first-order valence-corrected chi connectivity index (χ1v) is 10.7. The molecule has 0 spiro atoms. The average Bonchev–Trinajstić information content (AvgIpc) is 3.16. The van der Waals surface area contributed by atoms with Crippen LogP contribution >= 0.6 is 0 Å². The Morgan fingerprint density at radius 3 is 2.61 bits per heavy atom. The van der Waals surface area contributed by atoms with Crippen molar-refractivity contribution in [3.05, 3.63) is 101 Å². The van der Waals surface area contributed by atoms with Crippen molar-refractivity contribution in [1.82, 2.24) is 9.47 Å². The molecule has 1 amide bonds. The molecule has 4 aromatic rings. The van der Waals surface area contributed by atoms with E-state index in [4.69, 9.17) is 4.74 Å². The van der Waals surface area contributed by atoms with Crippen LogP contribution in [0.3, 0.4) is 0 Å². The lowest BCUT2D eigenvalue weighted by Gasteiger charge is -2.38. The fourth-order valence-corrected chi connectivity index (χ4v) is 4.78. The van der Waals surface area contributed by atoms with Crippen molar-refractivity contribution in [2.75, 3.05) is 13.7 Å². The third kappa shape index (κ3) is 3.48. The molecule has 1 atom stereocenters. The van der Waals surface area contributed by atoms with Gasteiger partial charge in [-0.05, 0) is 47.7 Å². The van der Waals surface area contributed by atoms with Crippen LogP contribution in [-0.2, 0) is 19.9 Å². The maximum Gasteiger partial charge on any atom is 0.256 e. The van der Waals surface area contributed by atoms with E-state index in [1.54, 1.807) is 7.11 Å². The Balaban J connectivity index is 1.57. The lowest BCUT2D eigenvalue weighted by atomic mass is 9.88. The van der Waals surface area contributed by atoms with Gasteiger partial charge in [0.15, 0.2) is 0 Å². The van der Waals surface area contributed by atoms with E-state index in [-0.39, 0.29) is 11.9 Å². The minimum absolute atomic E-state index is 0.0106. The molecule has 31 heavy (non-hydrogen) atoms. The van der Waals surface area contributed by atoms with Gasteiger partial charge in [0.2, 0.25) is 0 Å². The van der Waals surface area contributed by atoms with E-state index >= 15 is 0 Å². The molecule has 0 radical (unpaired) electrons. The molecule has 0 saturated carbocycles. The van der Waals surface area contributed by atoms with Crippen LogP contribution in [0.15, 0.2) is 79.0 Å². The summed E-state index contributed by atoms with van der Waals surface area (Å²) < 4.78 is 7.48. The van der Waals surface area contributed by atoms with Gasteiger partial charge in [-0.15, -0.1) is 0 Å². The second kappa shape index (κ2) is 7.95. The van der Waals surface area contributed by atoms with E-state index in [0.717, 1.165) is 35.1 Å². The molecule has 1 aliphatic rings. The largest absolute Gasteiger partial charge is 0.497 e. The standard InChI is InChI=1S/C27H26N2O2/c1-28-18-24(23-10-6-7-11-25(23)28)27(30)29-15-14-20-17-21(31-2)12-13-22(20)26(29)16-19-8-4-3-5-9-19/h3-13,17-18,26H,14-16H2,1-2H3. The first kappa shape index (κ1) is 19.4. The summed E-state index contributed by atoms with van der Waals surface area (Å²) in [5, 5.41) is 1.01. The zero-order valence-electron chi connectivity index (χ0n) is 17.9. The number of hydrogen-bond donors (Lipinski definition) is 0. The molecule has 1 aliphatic heterocycles. The smallest absolute Gasteiger partial charge is 0.256 e. The summed E-state index contributed by atoms with van der Waals surface area (Å²) in [6.07, 6.45) is 3.58. The molecule has 2 heterocycles. The molecule has 4 nitrogen and oxygen atoms in total. The van der Waals surface area contributed by atoms with Crippen molar-refractivity contribution in [3.63, 3.8) is 0 Å². The van der Waals surface area contributed by atoms with Crippen LogP contribution in [0.5, 0.6) is 5.75 Å². The van der Waals surface area contributed by atoms with Gasteiger partial charge in [-0.1, -0.05) is 54.6 Å². The molecule has 3 aromatic carbocycles. The highest BCUT2D eigenvalue weighted by atomic mass is 16.5. The number of rotatable bonds is 4. The predicted molar refractivity (Wildman–Crippen MR) is 124 cm³/mol. The number of amides is 1. The van der Waals surface area contributed by atoms with E-state index in [2.05, 4.69) is 47.4 Å². The van der Waals surface area contributed by atoms with Gasteiger partial charge in [0.05, 0.1) is 18.7 Å². The van der Waals surface area contributed by atoms with E-state index in [1.807, 2.05) is 48.1 Å². The number of benzene rings is 3. The summed E-state index contributed by atoms with van der Waals surface area (Å²) in [6, 6.07) is 24.8. The lowest BCUT2D eigenvalue weighted by molar-refractivity contribution is 0.0662. The van der Waals surface area contributed by atoms with Gasteiger partial charge in [0, 0.05) is 30.7 Å². The third-order valence-electron chi connectivity index (χ3n) is 6.37. The summed E-state index contributed by atoms with van der Waals surface area (Å²) in [4.78, 5) is 15.9. The minimum atomic E-state index is -0.0106. The van der Waals surface area contributed by atoms with Crippen molar-refractivity contribution < 1.29 is 9.53 Å². The molecule has 1 unspecified atom stereocenters. The highest BCUT2D eigenvalue weighted by Gasteiger charge is 2.33. The molecule has 1 aromatic heterocycles. The topological polar surface area (TPSA) is 34.5 Å². The molecule has 0 N–H and O–H groups in total. The van der Waals surface area contributed by atoms with Crippen LogP contribution in [0.4, 0.5) is 0 Å². The molecule has 5 rings (SSSR count). The van der Waals surface area contributed by atoms with Crippen molar-refractivity contribution in [3.8, 4) is 5.75 Å². The number of aromatic nitrogens is 1. The molecule has 4 heteroatoms. The molecule has 0 aliphatic carbocycles. The Hall–Kier alpha value is -3.53. The first-order chi connectivity index (χ1) is 15.2. The van der Waals surface area contributed by atoms with Crippen LogP contribution in [0.1, 0.15) is 33.1 Å². The monoisotopic (exact) mass is 410 g/mol. The van der Waals surface area contributed by atoms with Gasteiger partial charge in [0.25, 0.3) is 5.91 Å². The van der Waals surface area contributed by atoms with Crippen molar-refractivity contribution >= 4 is 16.8 Å². The second-order valence-corrected chi connectivity index (χ2v) is 8.19. The quantitative estimate of drug-likeness (QED) is 0.465. The fraction of sp³-hybridized carbons (Fsp3) is 0.222. The average molecular weight is 411 g/mol. The Kier molecular flexibility index (Phi) is 4.99. The molecule has 0 fully saturated rings. The van der Waals surface area contributed by atoms with Crippen molar-refractivity contribution in [2.24, 2.45) is 7.05 Å². The molecule has 0 bridgehead atoms. The van der Waals surface area contributed by atoms with Gasteiger partial charge in [-0.25, -0.2) is 0 Å². The Bertz CT molecular complexity index is 1240. The van der Waals surface area contributed by atoms with Crippen LogP contribution in [0.2, 0.25) is 0 Å². The van der Waals surface area contributed by atoms with Crippen molar-refractivity contribution in [1.29, 1.82) is 0 Å². The SMILES string of the molecule is COc1ccc2c(c1)CCN(C(=O)c1cn(C)c3ccccc13)C2Cc1ccccc1. The van der Waals surface area contributed by atoms with E-state index < -0.39 is 0 Å². The number of nitrogens with zero attached hydrogens (tertiary/aromatic N) is 2. The van der Waals surface area contributed by atoms with Gasteiger partial charge in [0.1, 0.15) is 5.75 Å². The number of fused-ring (bicyclic) bond motifs is 2. The Labute approximate surface area is 182 Å². The number of para-hydroxylation sites is 1. The summed E-state index contributed by atoms with van der Waals surface area (Å²) in [7, 11) is 3.70. The molecular formula is C27H26N2O2. The van der Waals surface area contributed by atoms with Crippen molar-refractivity contribution in [2.45, 2.75) is 18.9 Å². The maximum atomic E-state index is 13.8. The Morgan fingerprint density at radius 2 is 1.81 bits per heavy atom. The fourth-order valence-electron chi connectivity index (χ4n) is 4.78. The first-order valence-electron chi connectivity index (χ1n) is 10.7. The molecule has 0 saturated heterocycles. The number of carbonyl (C=O) groups is 1. The number of ether oxygens (including phenoxy) is 1. The second-order valence-electron chi connectivity index (χ2n) is 8.19. The minimum Gasteiger partial charge on any atom is -0.497 e. The van der Waals surface area contributed by atoms with Gasteiger partial charge >= 0.3 is 0 Å². The summed E-state index contributed by atoms with van der Waals surface area (Å²) in [5.41, 5.74) is 5.55. The number of hydrogen-bond acceptors (Lipinski definition) is 2.